The number of rotatable bonds is 5. The molecule has 2 heterocycles. The van der Waals surface area contributed by atoms with Crippen LogP contribution in [0.15, 0.2) is 38.9 Å². The Hall–Kier alpha value is -2.52. The molecule has 0 unspecified atom stereocenters. The van der Waals surface area contributed by atoms with Crippen molar-refractivity contribution >= 4 is 54.9 Å². The molecule has 0 spiro atoms. The molecule has 27 heavy (non-hydrogen) atoms. The van der Waals surface area contributed by atoms with Crippen LogP contribution in [0.25, 0.3) is 16.5 Å². The van der Waals surface area contributed by atoms with Crippen molar-refractivity contribution in [2.75, 3.05) is 11.9 Å². The van der Waals surface area contributed by atoms with Gasteiger partial charge >= 0.3 is 5.97 Å². The van der Waals surface area contributed by atoms with E-state index in [-0.39, 0.29) is 30.0 Å². The Labute approximate surface area is 167 Å². The number of nitrogens with zero attached hydrogens (tertiary/aromatic N) is 2. The van der Waals surface area contributed by atoms with Crippen molar-refractivity contribution in [3.8, 4) is 5.69 Å². The largest absolute Gasteiger partial charge is 0.461 e. The van der Waals surface area contributed by atoms with Gasteiger partial charge in [0.25, 0.3) is 5.56 Å². The average Bonchev–Trinajstić information content (AvgIpc) is 3.07. The number of hydrogen-bond donors (Lipinski definition) is 1. The molecule has 2 aromatic heterocycles. The number of carbonyl (C=O) groups excluding carboxylic acids is 2. The van der Waals surface area contributed by atoms with E-state index in [1.54, 1.807) is 43.5 Å². The summed E-state index contributed by atoms with van der Waals surface area (Å²) in [4.78, 5) is 37.3. The summed E-state index contributed by atoms with van der Waals surface area (Å²) in [6.45, 7) is 3.60. The monoisotopic (exact) mass is 449 g/mol. The molecule has 0 aliphatic carbocycles. The minimum absolute atomic E-state index is 0.0302. The summed E-state index contributed by atoms with van der Waals surface area (Å²) in [5, 5.41) is 9.58. The molecule has 140 valence electrons. The van der Waals surface area contributed by atoms with Gasteiger partial charge in [-0.2, -0.15) is 9.78 Å². The Bertz CT molecular complexity index is 1070. The highest BCUT2D eigenvalue weighted by atomic mass is 79.9. The fourth-order valence-electron chi connectivity index (χ4n) is 2.46. The van der Waals surface area contributed by atoms with Crippen LogP contribution in [0.5, 0.6) is 0 Å². The molecule has 0 radical (unpaired) electrons. The zero-order valence-corrected chi connectivity index (χ0v) is 17.0. The van der Waals surface area contributed by atoms with Crippen molar-refractivity contribution < 1.29 is 14.3 Å². The summed E-state index contributed by atoms with van der Waals surface area (Å²) in [6, 6.07) is 6.95. The van der Waals surface area contributed by atoms with Crippen LogP contribution in [0.2, 0.25) is 0 Å². The van der Waals surface area contributed by atoms with Gasteiger partial charge in [0.2, 0.25) is 5.91 Å². The molecular formula is C18H16BrN3O4S. The molecule has 0 atom stereocenters. The number of amides is 1. The third kappa shape index (κ3) is 3.79. The summed E-state index contributed by atoms with van der Waals surface area (Å²) in [6.07, 6.45) is 0.274. The van der Waals surface area contributed by atoms with Crippen LogP contribution in [0, 0.1) is 0 Å². The summed E-state index contributed by atoms with van der Waals surface area (Å²) in [7, 11) is 0. The number of hydrogen-bond acceptors (Lipinski definition) is 6. The van der Waals surface area contributed by atoms with Gasteiger partial charge in [0.15, 0.2) is 5.69 Å². The predicted molar refractivity (Wildman–Crippen MR) is 108 cm³/mol. The number of benzene rings is 1. The summed E-state index contributed by atoms with van der Waals surface area (Å²) in [5.41, 5.74) is 0.102. The molecule has 7 nitrogen and oxygen atoms in total. The molecule has 0 aliphatic heterocycles. The maximum absolute atomic E-state index is 13.1. The van der Waals surface area contributed by atoms with E-state index in [1.165, 1.54) is 11.3 Å². The van der Waals surface area contributed by atoms with Gasteiger partial charge in [-0.1, -0.05) is 22.9 Å². The Kier molecular flexibility index (Phi) is 5.71. The molecule has 0 saturated heterocycles. The Morgan fingerprint density at radius 1 is 1.26 bits per heavy atom. The standard InChI is InChI=1S/C18H16BrN3O4S/c1-3-13(23)20-16-14-12(9-27-16)15(18(25)26-4-2)21-22(17(14)24)11-7-5-10(19)6-8-11/h5-9H,3-4H2,1-2H3,(H,20,23). The van der Waals surface area contributed by atoms with Crippen LogP contribution >= 0.6 is 27.3 Å². The first-order chi connectivity index (χ1) is 13.0. The zero-order chi connectivity index (χ0) is 19.6. The zero-order valence-electron chi connectivity index (χ0n) is 14.6. The first-order valence-corrected chi connectivity index (χ1v) is 9.91. The molecule has 0 saturated carbocycles. The van der Waals surface area contributed by atoms with Gasteiger partial charge in [-0.25, -0.2) is 4.79 Å². The molecular weight excluding hydrogens is 434 g/mol. The summed E-state index contributed by atoms with van der Waals surface area (Å²) >= 11 is 4.52. The highest BCUT2D eigenvalue weighted by Gasteiger charge is 2.22. The lowest BCUT2D eigenvalue weighted by atomic mass is 10.2. The van der Waals surface area contributed by atoms with Crippen molar-refractivity contribution in [3.63, 3.8) is 0 Å². The van der Waals surface area contributed by atoms with E-state index in [0.29, 0.717) is 16.1 Å². The smallest absolute Gasteiger partial charge is 0.359 e. The van der Waals surface area contributed by atoms with Gasteiger partial charge in [0.1, 0.15) is 5.00 Å². The topological polar surface area (TPSA) is 90.3 Å². The number of esters is 1. The maximum atomic E-state index is 13.1. The number of halogens is 1. The molecule has 9 heteroatoms. The lowest BCUT2D eigenvalue weighted by Gasteiger charge is -2.10. The number of aromatic nitrogens is 2. The van der Waals surface area contributed by atoms with Crippen LogP contribution in [0.3, 0.4) is 0 Å². The predicted octanol–water partition coefficient (Wildman–Crippen LogP) is 3.73. The van der Waals surface area contributed by atoms with Crippen molar-refractivity contribution in [1.29, 1.82) is 0 Å². The molecule has 3 rings (SSSR count). The molecule has 1 N–H and O–H groups in total. The Morgan fingerprint density at radius 2 is 1.96 bits per heavy atom. The Balaban J connectivity index is 2.29. The number of thiophene rings is 1. The van der Waals surface area contributed by atoms with Crippen LogP contribution < -0.4 is 10.9 Å². The second-order valence-electron chi connectivity index (χ2n) is 5.52. The fraction of sp³-hybridized carbons (Fsp3) is 0.222. The van der Waals surface area contributed by atoms with E-state index < -0.39 is 11.5 Å². The lowest BCUT2D eigenvalue weighted by Crippen LogP contribution is -2.25. The Morgan fingerprint density at radius 3 is 2.59 bits per heavy atom. The maximum Gasteiger partial charge on any atom is 0.359 e. The van der Waals surface area contributed by atoms with Gasteiger partial charge in [0.05, 0.1) is 17.7 Å². The van der Waals surface area contributed by atoms with Gasteiger partial charge in [0, 0.05) is 21.7 Å². The highest BCUT2D eigenvalue weighted by molar-refractivity contribution is 9.10. The van der Waals surface area contributed by atoms with Gasteiger partial charge in [-0.05, 0) is 31.2 Å². The van der Waals surface area contributed by atoms with Gasteiger partial charge < -0.3 is 10.1 Å². The van der Waals surface area contributed by atoms with Crippen LogP contribution in [-0.2, 0) is 9.53 Å². The van der Waals surface area contributed by atoms with Crippen LogP contribution in [-0.4, -0.2) is 28.3 Å². The highest BCUT2D eigenvalue weighted by Crippen LogP contribution is 2.30. The van der Waals surface area contributed by atoms with E-state index in [2.05, 4.69) is 26.3 Å². The van der Waals surface area contributed by atoms with Crippen LogP contribution in [0.1, 0.15) is 30.8 Å². The number of fused-ring (bicyclic) bond motifs is 1. The molecule has 1 aromatic carbocycles. The van der Waals surface area contributed by atoms with E-state index in [9.17, 15) is 14.4 Å². The first-order valence-electron chi connectivity index (χ1n) is 8.23. The van der Waals surface area contributed by atoms with Gasteiger partial charge in [-0.15, -0.1) is 11.3 Å². The molecule has 0 bridgehead atoms. The average molecular weight is 450 g/mol. The molecule has 1 amide bonds. The lowest BCUT2D eigenvalue weighted by molar-refractivity contribution is -0.115. The number of nitrogens with one attached hydrogen (secondary N) is 1. The second-order valence-corrected chi connectivity index (χ2v) is 7.31. The minimum atomic E-state index is -0.625. The van der Waals surface area contributed by atoms with E-state index in [1.807, 2.05) is 0 Å². The van der Waals surface area contributed by atoms with Gasteiger partial charge in [-0.3, -0.25) is 9.59 Å². The van der Waals surface area contributed by atoms with Crippen molar-refractivity contribution in [2.24, 2.45) is 0 Å². The van der Waals surface area contributed by atoms with E-state index in [0.717, 1.165) is 9.15 Å². The van der Waals surface area contributed by atoms with Crippen molar-refractivity contribution in [1.82, 2.24) is 9.78 Å². The normalized spacial score (nSPS) is 10.8. The second kappa shape index (κ2) is 8.01. The first kappa shape index (κ1) is 19.2. The number of carbonyl (C=O) groups is 2. The number of ether oxygens (including phenoxy) is 1. The van der Waals surface area contributed by atoms with Crippen LogP contribution in [0.4, 0.5) is 5.00 Å². The number of anilines is 1. The molecule has 3 aromatic rings. The van der Waals surface area contributed by atoms with Crippen molar-refractivity contribution in [3.05, 3.63) is 50.2 Å². The quantitative estimate of drug-likeness (QED) is 0.599. The third-order valence-corrected chi connectivity index (χ3v) is 5.19. The fourth-order valence-corrected chi connectivity index (χ4v) is 3.68. The molecule has 0 fully saturated rings. The minimum Gasteiger partial charge on any atom is -0.461 e. The summed E-state index contributed by atoms with van der Waals surface area (Å²) in [5.74, 6) is -0.845. The van der Waals surface area contributed by atoms with Crippen molar-refractivity contribution in [2.45, 2.75) is 20.3 Å². The van der Waals surface area contributed by atoms with E-state index >= 15 is 0 Å². The van der Waals surface area contributed by atoms with E-state index in [4.69, 9.17) is 4.74 Å². The summed E-state index contributed by atoms with van der Waals surface area (Å²) < 4.78 is 7.08. The molecule has 0 aliphatic rings. The third-order valence-electron chi connectivity index (χ3n) is 3.77. The SMILES string of the molecule is CCOC(=O)c1nn(-c2ccc(Br)cc2)c(=O)c2c(NC(=O)CC)scc12.